The molecule has 1 aromatic heterocycles. The highest BCUT2D eigenvalue weighted by atomic mass is 16.5. The summed E-state index contributed by atoms with van der Waals surface area (Å²) in [5.74, 6) is -1.34. The number of ether oxygens (including phenoxy) is 2. The number of esters is 1. The fourth-order valence-corrected chi connectivity index (χ4v) is 3.47. The summed E-state index contributed by atoms with van der Waals surface area (Å²) >= 11 is 0. The van der Waals surface area contributed by atoms with Gasteiger partial charge < -0.3 is 19.4 Å². The molecule has 0 atom stereocenters. The molecule has 3 rings (SSSR count). The Hall–Kier alpha value is -3.45. The van der Waals surface area contributed by atoms with E-state index in [1.165, 1.54) is 0 Å². The number of aromatic nitrogens is 1. The maximum absolute atomic E-state index is 12.5. The number of fused-ring (bicyclic) bond motifs is 1. The zero-order chi connectivity index (χ0) is 22.4. The number of rotatable bonds is 9. The number of hydrogen-bond acceptors (Lipinski definition) is 5. The standard InChI is InChI=1S/C24H26N2O5/c1-16-12-21(17(2)26(16)10-11-30-3)22(27)15-31-23(28)14-25-24(29)20-9-8-18-6-4-5-7-19(18)13-20/h4-9,12-13H,10-11,14-15H2,1-3H3,(H,25,29). The van der Waals surface area contributed by atoms with Crippen molar-refractivity contribution in [2.75, 3.05) is 26.9 Å². The van der Waals surface area contributed by atoms with Crippen molar-refractivity contribution in [2.45, 2.75) is 20.4 Å². The van der Waals surface area contributed by atoms with Gasteiger partial charge in [0.1, 0.15) is 6.54 Å². The van der Waals surface area contributed by atoms with Crippen LogP contribution in [-0.4, -0.2) is 49.1 Å². The number of carbonyl (C=O) groups is 3. The Kier molecular flexibility index (Phi) is 7.20. The van der Waals surface area contributed by atoms with Crippen molar-refractivity contribution < 1.29 is 23.9 Å². The third kappa shape index (κ3) is 5.38. The van der Waals surface area contributed by atoms with Crippen LogP contribution in [0.5, 0.6) is 0 Å². The zero-order valence-corrected chi connectivity index (χ0v) is 17.9. The topological polar surface area (TPSA) is 86.6 Å². The van der Waals surface area contributed by atoms with Crippen molar-refractivity contribution >= 4 is 28.4 Å². The van der Waals surface area contributed by atoms with E-state index in [1.807, 2.05) is 48.7 Å². The summed E-state index contributed by atoms with van der Waals surface area (Å²) in [6.45, 7) is 4.25. The van der Waals surface area contributed by atoms with E-state index in [0.29, 0.717) is 24.3 Å². The molecule has 0 aliphatic rings. The highest BCUT2D eigenvalue weighted by Crippen LogP contribution is 2.17. The number of carbonyl (C=O) groups excluding carboxylic acids is 3. The summed E-state index contributed by atoms with van der Waals surface area (Å²) < 4.78 is 12.1. The average Bonchev–Trinajstić information content (AvgIpc) is 3.07. The van der Waals surface area contributed by atoms with Crippen molar-refractivity contribution in [3.8, 4) is 0 Å². The molecular weight excluding hydrogens is 396 g/mol. The van der Waals surface area contributed by atoms with Crippen molar-refractivity contribution in [1.82, 2.24) is 9.88 Å². The minimum Gasteiger partial charge on any atom is -0.456 e. The van der Waals surface area contributed by atoms with Gasteiger partial charge in [0.15, 0.2) is 6.61 Å². The maximum atomic E-state index is 12.5. The number of Topliss-reactive ketones (excluding diaryl/α,β-unsaturated/α-hetero) is 1. The fraction of sp³-hybridized carbons (Fsp3) is 0.292. The first kappa shape index (κ1) is 22.2. The molecular formula is C24H26N2O5. The van der Waals surface area contributed by atoms with E-state index in [4.69, 9.17) is 9.47 Å². The number of benzene rings is 2. The molecule has 0 aliphatic carbocycles. The molecule has 7 heteroatoms. The lowest BCUT2D eigenvalue weighted by Crippen LogP contribution is -2.31. The van der Waals surface area contributed by atoms with Gasteiger partial charge in [-0.25, -0.2) is 0 Å². The number of nitrogens with zero attached hydrogens (tertiary/aromatic N) is 1. The van der Waals surface area contributed by atoms with E-state index in [0.717, 1.165) is 22.2 Å². The number of amides is 1. The molecule has 0 spiro atoms. The number of hydrogen-bond donors (Lipinski definition) is 1. The Morgan fingerprint density at radius 3 is 2.48 bits per heavy atom. The van der Waals surface area contributed by atoms with Gasteiger partial charge in [0.25, 0.3) is 5.91 Å². The van der Waals surface area contributed by atoms with Gasteiger partial charge in [0.05, 0.1) is 6.61 Å². The van der Waals surface area contributed by atoms with Gasteiger partial charge >= 0.3 is 5.97 Å². The summed E-state index contributed by atoms with van der Waals surface area (Å²) in [4.78, 5) is 36.8. The number of ketones is 1. The molecule has 3 aromatic rings. The summed E-state index contributed by atoms with van der Waals surface area (Å²) in [5, 5.41) is 4.49. The van der Waals surface area contributed by atoms with Crippen LogP contribution in [0.25, 0.3) is 10.8 Å². The van der Waals surface area contributed by atoms with Crippen LogP contribution in [0.4, 0.5) is 0 Å². The molecule has 1 amide bonds. The molecule has 31 heavy (non-hydrogen) atoms. The molecule has 2 aromatic carbocycles. The molecule has 0 saturated carbocycles. The molecule has 162 valence electrons. The smallest absolute Gasteiger partial charge is 0.325 e. The van der Waals surface area contributed by atoms with Crippen molar-refractivity contribution in [2.24, 2.45) is 0 Å². The van der Waals surface area contributed by atoms with Gasteiger partial charge in [0.2, 0.25) is 5.78 Å². The van der Waals surface area contributed by atoms with E-state index >= 15 is 0 Å². The summed E-state index contributed by atoms with van der Waals surface area (Å²) in [7, 11) is 1.62. The summed E-state index contributed by atoms with van der Waals surface area (Å²) in [6, 6.07) is 14.8. The Morgan fingerprint density at radius 1 is 1.00 bits per heavy atom. The van der Waals surface area contributed by atoms with E-state index < -0.39 is 5.97 Å². The van der Waals surface area contributed by atoms with Crippen molar-refractivity contribution in [3.63, 3.8) is 0 Å². The normalized spacial score (nSPS) is 10.8. The van der Waals surface area contributed by atoms with Gasteiger partial charge in [0, 0.05) is 36.2 Å². The lowest BCUT2D eigenvalue weighted by molar-refractivity contribution is -0.141. The Bertz CT molecular complexity index is 1120. The van der Waals surface area contributed by atoms with Crippen LogP contribution in [0.15, 0.2) is 48.5 Å². The molecule has 0 aliphatic heterocycles. The molecule has 0 radical (unpaired) electrons. The number of nitrogens with one attached hydrogen (secondary N) is 1. The average molecular weight is 422 g/mol. The Morgan fingerprint density at radius 2 is 1.74 bits per heavy atom. The molecule has 0 fully saturated rings. The second-order valence-corrected chi connectivity index (χ2v) is 7.26. The Balaban J connectivity index is 1.51. The number of methoxy groups -OCH3 is 1. The lowest BCUT2D eigenvalue weighted by Gasteiger charge is -2.09. The van der Waals surface area contributed by atoms with Crippen LogP contribution in [0, 0.1) is 13.8 Å². The van der Waals surface area contributed by atoms with Crippen LogP contribution in [-0.2, 0) is 20.8 Å². The summed E-state index contributed by atoms with van der Waals surface area (Å²) in [6.07, 6.45) is 0. The first-order valence-electron chi connectivity index (χ1n) is 10.0. The molecule has 7 nitrogen and oxygen atoms in total. The first-order chi connectivity index (χ1) is 14.9. The predicted molar refractivity (Wildman–Crippen MR) is 117 cm³/mol. The monoisotopic (exact) mass is 422 g/mol. The quantitative estimate of drug-likeness (QED) is 0.423. The van der Waals surface area contributed by atoms with Gasteiger partial charge in [-0.2, -0.15) is 0 Å². The SMILES string of the molecule is COCCn1c(C)cc(C(=O)COC(=O)CNC(=O)c2ccc3ccccc3c2)c1C. The molecule has 0 bridgehead atoms. The predicted octanol–water partition coefficient (Wildman–Crippen LogP) is 3.06. The van der Waals surface area contributed by atoms with Crippen LogP contribution >= 0.6 is 0 Å². The largest absolute Gasteiger partial charge is 0.456 e. The maximum Gasteiger partial charge on any atom is 0.325 e. The molecule has 1 heterocycles. The first-order valence-corrected chi connectivity index (χ1v) is 10.0. The summed E-state index contributed by atoms with van der Waals surface area (Å²) in [5.41, 5.74) is 2.71. The van der Waals surface area contributed by atoms with Crippen molar-refractivity contribution in [3.05, 3.63) is 71.0 Å². The molecule has 0 unspecified atom stereocenters. The molecule has 0 saturated heterocycles. The highest BCUT2D eigenvalue weighted by molar-refractivity contribution is 6.01. The van der Waals surface area contributed by atoms with Gasteiger partial charge in [-0.1, -0.05) is 30.3 Å². The minimum atomic E-state index is -0.671. The zero-order valence-electron chi connectivity index (χ0n) is 17.9. The third-order valence-corrected chi connectivity index (χ3v) is 5.16. The van der Waals surface area contributed by atoms with Crippen LogP contribution in [0.1, 0.15) is 32.1 Å². The lowest BCUT2D eigenvalue weighted by atomic mass is 10.1. The third-order valence-electron chi connectivity index (χ3n) is 5.16. The number of aryl methyl sites for hydroxylation is 1. The second kappa shape index (κ2) is 10.0. The van der Waals surface area contributed by atoms with E-state index in [1.54, 1.807) is 25.3 Å². The minimum absolute atomic E-state index is 0.286. The van der Waals surface area contributed by atoms with Gasteiger partial charge in [-0.3, -0.25) is 14.4 Å². The highest BCUT2D eigenvalue weighted by Gasteiger charge is 2.17. The van der Waals surface area contributed by atoms with Crippen LogP contribution in [0.2, 0.25) is 0 Å². The van der Waals surface area contributed by atoms with Gasteiger partial charge in [-0.05, 0) is 42.8 Å². The van der Waals surface area contributed by atoms with Gasteiger partial charge in [-0.15, -0.1) is 0 Å². The van der Waals surface area contributed by atoms with Crippen molar-refractivity contribution in [1.29, 1.82) is 0 Å². The van der Waals surface area contributed by atoms with E-state index in [-0.39, 0.29) is 24.8 Å². The van der Waals surface area contributed by atoms with E-state index in [9.17, 15) is 14.4 Å². The fourth-order valence-electron chi connectivity index (χ4n) is 3.47. The molecule has 1 N–H and O–H groups in total. The van der Waals surface area contributed by atoms with Crippen LogP contribution < -0.4 is 5.32 Å². The second-order valence-electron chi connectivity index (χ2n) is 7.26. The van der Waals surface area contributed by atoms with E-state index in [2.05, 4.69) is 5.32 Å². The Labute approximate surface area is 181 Å². The van der Waals surface area contributed by atoms with Crippen LogP contribution in [0.3, 0.4) is 0 Å².